The summed E-state index contributed by atoms with van der Waals surface area (Å²) >= 11 is 3.83. The number of ether oxygens (including phenoxy) is 3. The van der Waals surface area contributed by atoms with Crippen molar-refractivity contribution in [2.75, 3.05) is 6.61 Å². The van der Waals surface area contributed by atoms with Gasteiger partial charge >= 0.3 is 17.9 Å². The fourth-order valence-electron chi connectivity index (χ4n) is 9.31. The molecule has 4 rings (SSSR count). The Morgan fingerprint density at radius 2 is 1.68 bits per heavy atom. The van der Waals surface area contributed by atoms with Crippen molar-refractivity contribution in [3.63, 3.8) is 0 Å². The summed E-state index contributed by atoms with van der Waals surface area (Å²) in [5.74, 6) is 0.235. The van der Waals surface area contributed by atoms with Gasteiger partial charge in [-0.15, -0.1) is 0 Å². The lowest BCUT2D eigenvalue weighted by Crippen LogP contribution is -2.64. The maximum absolute atomic E-state index is 14.1. The van der Waals surface area contributed by atoms with Gasteiger partial charge < -0.3 is 14.2 Å². The van der Waals surface area contributed by atoms with Crippen LogP contribution in [0.4, 0.5) is 0 Å². The lowest BCUT2D eigenvalue weighted by atomic mass is 9.43. The highest BCUT2D eigenvalue weighted by atomic mass is 79.9. The smallest absolute Gasteiger partial charge is 0.305 e. The minimum absolute atomic E-state index is 0.0670. The Kier molecular flexibility index (Phi) is 8.71. The molecule has 4 fully saturated rings. The molecule has 0 N–H and O–H groups in total. The summed E-state index contributed by atoms with van der Waals surface area (Å²) in [6.07, 6.45) is 5.56. The number of carbonyl (C=O) groups is 4. The Bertz CT molecular complexity index is 951. The highest BCUT2D eigenvalue weighted by Gasteiger charge is 2.68. The molecule has 38 heavy (non-hydrogen) atoms. The molecule has 0 radical (unpaired) electrons. The summed E-state index contributed by atoms with van der Waals surface area (Å²) in [7, 11) is 0. The predicted octanol–water partition coefficient (Wildman–Crippen LogP) is 5.65. The van der Waals surface area contributed by atoms with E-state index in [4.69, 9.17) is 14.2 Å². The summed E-state index contributed by atoms with van der Waals surface area (Å²) in [5.41, 5.74) is -0.446. The van der Waals surface area contributed by atoms with Crippen molar-refractivity contribution in [3.8, 4) is 0 Å². The molecule has 11 atom stereocenters. The van der Waals surface area contributed by atoms with Crippen LogP contribution in [0.3, 0.4) is 0 Å². The molecule has 7 nitrogen and oxygen atoms in total. The fraction of sp³-hybridized carbons (Fsp3) is 0.867. The van der Waals surface area contributed by atoms with Crippen molar-refractivity contribution in [3.05, 3.63) is 0 Å². The van der Waals surface area contributed by atoms with Crippen LogP contribution in [0.2, 0.25) is 0 Å². The molecule has 0 aliphatic heterocycles. The van der Waals surface area contributed by atoms with E-state index in [0.29, 0.717) is 25.9 Å². The van der Waals surface area contributed by atoms with Gasteiger partial charge in [-0.3, -0.25) is 19.2 Å². The zero-order valence-electron chi connectivity index (χ0n) is 23.8. The van der Waals surface area contributed by atoms with Gasteiger partial charge in [-0.05, 0) is 86.9 Å². The topological polar surface area (TPSA) is 96.0 Å². The quantitative estimate of drug-likeness (QED) is 0.213. The number of esters is 3. The number of fused-ring (bicyclic) bond motifs is 5. The first-order chi connectivity index (χ1) is 17.8. The fourth-order valence-corrected chi connectivity index (χ4v) is 10.4. The van der Waals surface area contributed by atoms with Gasteiger partial charge in [0.05, 0.1) is 11.4 Å². The van der Waals surface area contributed by atoms with Crippen LogP contribution in [0.5, 0.6) is 0 Å². The molecule has 0 amide bonds. The summed E-state index contributed by atoms with van der Waals surface area (Å²) in [4.78, 5) is 50.0. The number of rotatable bonds is 7. The first-order valence-electron chi connectivity index (χ1n) is 14.5. The van der Waals surface area contributed by atoms with E-state index in [2.05, 4.69) is 36.7 Å². The van der Waals surface area contributed by atoms with Gasteiger partial charge in [-0.2, -0.15) is 0 Å². The Balaban J connectivity index is 1.64. The number of hydrogen-bond acceptors (Lipinski definition) is 7. The number of halogens is 1. The third-order valence-electron chi connectivity index (χ3n) is 11.0. The molecule has 4 aliphatic rings. The molecule has 0 aromatic heterocycles. The zero-order chi connectivity index (χ0) is 28.0. The highest BCUT2D eigenvalue weighted by Crippen LogP contribution is 2.68. The lowest BCUT2D eigenvalue weighted by Gasteiger charge is -2.63. The molecule has 8 heteroatoms. The maximum Gasteiger partial charge on any atom is 0.305 e. The van der Waals surface area contributed by atoms with Gasteiger partial charge in [0.1, 0.15) is 18.0 Å². The van der Waals surface area contributed by atoms with Crippen LogP contribution in [0.1, 0.15) is 92.9 Å². The molecule has 0 aromatic carbocycles. The highest BCUT2D eigenvalue weighted by molar-refractivity contribution is 9.10. The monoisotopic (exact) mass is 596 g/mol. The molecule has 0 saturated heterocycles. The van der Waals surface area contributed by atoms with Crippen LogP contribution < -0.4 is 0 Å². The maximum atomic E-state index is 14.1. The molecule has 0 aromatic rings. The summed E-state index contributed by atoms with van der Waals surface area (Å²) < 4.78 is 16.9. The number of ketones is 1. The minimum Gasteiger partial charge on any atom is -0.466 e. The largest absolute Gasteiger partial charge is 0.466 e. The van der Waals surface area contributed by atoms with Crippen molar-refractivity contribution in [1.82, 2.24) is 0 Å². The van der Waals surface area contributed by atoms with Crippen molar-refractivity contribution < 1.29 is 33.4 Å². The van der Waals surface area contributed by atoms with Gasteiger partial charge in [0.15, 0.2) is 0 Å². The van der Waals surface area contributed by atoms with Gasteiger partial charge in [0.2, 0.25) is 0 Å². The second-order valence-electron chi connectivity index (χ2n) is 12.9. The summed E-state index contributed by atoms with van der Waals surface area (Å²) in [6.45, 7) is 11.9. The molecule has 0 bridgehead atoms. The van der Waals surface area contributed by atoms with Gasteiger partial charge in [0, 0.05) is 31.6 Å². The summed E-state index contributed by atoms with van der Waals surface area (Å²) in [5, 5.41) is 0. The van der Waals surface area contributed by atoms with E-state index in [9.17, 15) is 19.2 Å². The van der Waals surface area contributed by atoms with Crippen molar-refractivity contribution in [1.29, 1.82) is 0 Å². The van der Waals surface area contributed by atoms with Gasteiger partial charge in [-0.1, -0.05) is 36.7 Å². The second-order valence-corrected chi connectivity index (χ2v) is 13.9. The first kappa shape index (κ1) is 29.5. The van der Waals surface area contributed by atoms with E-state index in [1.165, 1.54) is 13.8 Å². The lowest BCUT2D eigenvalue weighted by molar-refractivity contribution is -0.196. The van der Waals surface area contributed by atoms with E-state index in [1.54, 1.807) is 0 Å². The predicted molar refractivity (Wildman–Crippen MR) is 145 cm³/mol. The van der Waals surface area contributed by atoms with E-state index < -0.39 is 0 Å². The van der Waals surface area contributed by atoms with Crippen LogP contribution in [0.25, 0.3) is 0 Å². The molecule has 4 saturated carbocycles. The second kappa shape index (κ2) is 11.2. The van der Waals surface area contributed by atoms with Crippen LogP contribution in [0.15, 0.2) is 0 Å². The van der Waals surface area contributed by atoms with Crippen molar-refractivity contribution >= 4 is 39.6 Å². The van der Waals surface area contributed by atoms with E-state index in [1.807, 2.05) is 6.92 Å². The molecule has 4 aliphatic carbocycles. The molecular weight excluding hydrogens is 552 g/mol. The van der Waals surface area contributed by atoms with E-state index in [-0.39, 0.29) is 87.1 Å². The number of carbonyl (C=O) groups excluding carboxylic acids is 4. The van der Waals surface area contributed by atoms with E-state index >= 15 is 0 Å². The molecule has 214 valence electrons. The first-order valence-corrected chi connectivity index (χ1v) is 15.4. The molecule has 0 spiro atoms. The average Bonchev–Trinajstić information content (AvgIpc) is 3.20. The van der Waals surface area contributed by atoms with Gasteiger partial charge in [0.25, 0.3) is 0 Å². The standard InChI is InChI=1S/C30H45BrO7/c1-7-36-25(34)11-8-16(2)20-9-10-21-26-22(15-24(30(20,21)6)38-18(4)33)29(5)13-12-19(37-17(3)32)14-23(29)27(31)28(26)35/h16,19-24,26-27H,7-15H2,1-6H3/t16-,19+,20+,21-,22-,23-,24-,26-,27-,29+,30+/m0/s1. The summed E-state index contributed by atoms with van der Waals surface area (Å²) in [6, 6.07) is 0. The van der Waals surface area contributed by atoms with Crippen LogP contribution >= 0.6 is 15.9 Å². The average molecular weight is 598 g/mol. The minimum atomic E-state index is -0.332. The van der Waals surface area contributed by atoms with Crippen molar-refractivity contribution in [2.24, 2.45) is 46.3 Å². The Labute approximate surface area is 235 Å². The molecular formula is C30H45BrO7. The van der Waals surface area contributed by atoms with Crippen molar-refractivity contribution in [2.45, 2.75) is 110 Å². The van der Waals surface area contributed by atoms with E-state index in [0.717, 1.165) is 32.1 Å². The number of alkyl halides is 1. The molecule has 0 heterocycles. The normalized spacial score (nSPS) is 42.8. The Hall–Kier alpha value is -1.44. The third kappa shape index (κ3) is 5.08. The number of Topliss-reactive ketones (excluding diaryl/α,β-unsaturated/α-hetero) is 1. The van der Waals surface area contributed by atoms with Crippen LogP contribution in [-0.4, -0.2) is 47.3 Å². The Morgan fingerprint density at radius 1 is 1.00 bits per heavy atom. The zero-order valence-corrected chi connectivity index (χ0v) is 25.4. The van der Waals surface area contributed by atoms with Gasteiger partial charge in [-0.25, -0.2) is 0 Å². The Morgan fingerprint density at radius 3 is 2.32 bits per heavy atom. The number of hydrogen-bond donors (Lipinski definition) is 0. The van der Waals surface area contributed by atoms with Crippen LogP contribution in [0, 0.1) is 46.3 Å². The third-order valence-corrected chi connectivity index (χ3v) is 12.1. The molecule has 0 unspecified atom stereocenters. The van der Waals surface area contributed by atoms with Crippen LogP contribution in [-0.2, 0) is 33.4 Å². The SMILES string of the molecule is CCOC(=O)CC[C@H](C)[C@H]1CC[C@H]2[C@@H]3C(=O)[C@@H](Br)[C@@H]4C[C@H](OC(C)=O)CC[C@]4(C)[C@H]3C[C@H](OC(C)=O)[C@]12C.